The number of benzene rings is 2. The van der Waals surface area contributed by atoms with Crippen molar-refractivity contribution in [1.29, 1.82) is 0 Å². The molecule has 4 nitrogen and oxygen atoms in total. The number of aryl methyl sites for hydroxylation is 1. The molecule has 0 aliphatic rings. The molecule has 6 heteroatoms. The third kappa shape index (κ3) is 3.88. The van der Waals surface area contributed by atoms with Gasteiger partial charge in [0.05, 0.1) is 16.5 Å². The predicted molar refractivity (Wildman–Crippen MR) is 90.6 cm³/mol. The van der Waals surface area contributed by atoms with Gasteiger partial charge < -0.3 is 4.74 Å². The highest BCUT2D eigenvalue weighted by atomic mass is 79.9. The van der Waals surface area contributed by atoms with E-state index >= 15 is 0 Å². The molecule has 1 N–H and O–H groups in total. The summed E-state index contributed by atoms with van der Waals surface area (Å²) in [5, 5.41) is 0. The highest BCUT2D eigenvalue weighted by molar-refractivity contribution is 9.10. The number of nitrogens with one attached hydrogen (secondary N) is 1. The molecule has 0 radical (unpaired) electrons. The van der Waals surface area contributed by atoms with E-state index in [2.05, 4.69) is 20.7 Å². The van der Waals surface area contributed by atoms with Gasteiger partial charge in [-0.1, -0.05) is 29.8 Å². The van der Waals surface area contributed by atoms with Crippen molar-refractivity contribution in [2.45, 2.75) is 24.8 Å². The number of ether oxygens (including phenoxy) is 1. The number of halogens is 1. The second-order valence-corrected chi connectivity index (χ2v) is 7.62. The minimum atomic E-state index is -3.60. The van der Waals surface area contributed by atoms with Gasteiger partial charge in [-0.25, -0.2) is 13.1 Å². The van der Waals surface area contributed by atoms with Crippen molar-refractivity contribution >= 4 is 26.0 Å². The third-order valence-corrected chi connectivity index (χ3v) is 5.50. The summed E-state index contributed by atoms with van der Waals surface area (Å²) in [6.45, 7) is 3.81. The quantitative estimate of drug-likeness (QED) is 0.853. The van der Waals surface area contributed by atoms with E-state index in [0.29, 0.717) is 10.2 Å². The molecule has 22 heavy (non-hydrogen) atoms. The van der Waals surface area contributed by atoms with Crippen molar-refractivity contribution in [3.63, 3.8) is 0 Å². The molecule has 0 heterocycles. The van der Waals surface area contributed by atoms with Gasteiger partial charge in [0.1, 0.15) is 5.75 Å². The Bertz CT molecular complexity index is 757. The van der Waals surface area contributed by atoms with Crippen LogP contribution in [0.5, 0.6) is 5.75 Å². The van der Waals surface area contributed by atoms with Gasteiger partial charge >= 0.3 is 0 Å². The van der Waals surface area contributed by atoms with E-state index in [0.717, 1.165) is 11.1 Å². The molecule has 0 amide bonds. The maximum atomic E-state index is 12.5. The zero-order valence-corrected chi connectivity index (χ0v) is 15.0. The van der Waals surface area contributed by atoms with Crippen LogP contribution in [-0.4, -0.2) is 15.5 Å². The number of methoxy groups -OCH3 is 1. The number of hydrogen-bond donors (Lipinski definition) is 1. The topological polar surface area (TPSA) is 55.4 Å². The lowest BCUT2D eigenvalue weighted by molar-refractivity contribution is 0.411. The molecule has 2 aromatic carbocycles. The lowest BCUT2D eigenvalue weighted by atomic mass is 10.1. The SMILES string of the molecule is COc1ccc(S(=O)(=O)N[C@@H](C)c2ccc(C)cc2)cc1Br. The fourth-order valence-corrected chi connectivity index (χ4v) is 3.99. The fraction of sp³-hybridized carbons (Fsp3) is 0.250. The highest BCUT2D eigenvalue weighted by Crippen LogP contribution is 2.28. The lowest BCUT2D eigenvalue weighted by Crippen LogP contribution is -2.26. The second kappa shape index (κ2) is 6.81. The van der Waals surface area contributed by atoms with Gasteiger partial charge in [-0.2, -0.15) is 0 Å². The minimum absolute atomic E-state index is 0.194. The van der Waals surface area contributed by atoms with Gasteiger partial charge in [0.2, 0.25) is 10.0 Å². The first-order valence-corrected chi connectivity index (χ1v) is 9.03. The smallest absolute Gasteiger partial charge is 0.241 e. The molecule has 0 aliphatic carbocycles. The van der Waals surface area contributed by atoms with E-state index in [9.17, 15) is 8.42 Å². The molecule has 0 aliphatic heterocycles. The largest absolute Gasteiger partial charge is 0.496 e. The Balaban J connectivity index is 2.23. The van der Waals surface area contributed by atoms with Crippen molar-refractivity contribution in [3.8, 4) is 5.75 Å². The average molecular weight is 384 g/mol. The number of sulfonamides is 1. The molecular formula is C16H18BrNO3S. The zero-order chi connectivity index (χ0) is 16.3. The molecule has 0 spiro atoms. The van der Waals surface area contributed by atoms with Crippen LogP contribution in [-0.2, 0) is 10.0 Å². The van der Waals surface area contributed by atoms with E-state index in [1.807, 2.05) is 38.1 Å². The van der Waals surface area contributed by atoms with Crippen LogP contribution in [0.4, 0.5) is 0 Å². The highest BCUT2D eigenvalue weighted by Gasteiger charge is 2.19. The molecule has 1 atom stereocenters. The summed E-state index contributed by atoms with van der Waals surface area (Å²) < 4.78 is 33.3. The maximum absolute atomic E-state index is 12.5. The molecule has 0 bridgehead atoms. The van der Waals surface area contributed by atoms with Crippen LogP contribution in [0.3, 0.4) is 0 Å². The third-order valence-electron chi connectivity index (χ3n) is 3.34. The van der Waals surface area contributed by atoms with Crippen molar-refractivity contribution in [1.82, 2.24) is 4.72 Å². The molecule has 0 unspecified atom stereocenters. The summed E-state index contributed by atoms with van der Waals surface area (Å²) >= 11 is 3.30. The molecule has 2 rings (SSSR count). The Morgan fingerprint density at radius 2 is 1.77 bits per heavy atom. The monoisotopic (exact) mass is 383 g/mol. The standard InChI is InChI=1S/C16H18BrNO3S/c1-11-4-6-13(7-5-11)12(2)18-22(19,20)14-8-9-16(21-3)15(17)10-14/h4-10,12,18H,1-3H3/t12-/m0/s1. The average Bonchev–Trinajstić information content (AvgIpc) is 2.47. The molecule has 118 valence electrons. The lowest BCUT2D eigenvalue weighted by Gasteiger charge is -2.15. The minimum Gasteiger partial charge on any atom is -0.496 e. The Morgan fingerprint density at radius 3 is 2.32 bits per heavy atom. The van der Waals surface area contributed by atoms with Crippen LogP contribution in [0, 0.1) is 6.92 Å². The van der Waals surface area contributed by atoms with Gasteiger partial charge in [-0.15, -0.1) is 0 Å². The maximum Gasteiger partial charge on any atom is 0.241 e. The Labute approximate surface area is 139 Å². The first-order valence-electron chi connectivity index (χ1n) is 6.76. The summed E-state index contributed by atoms with van der Waals surface area (Å²) in [6, 6.07) is 12.1. The Hall–Kier alpha value is -1.37. The zero-order valence-electron chi connectivity index (χ0n) is 12.6. The van der Waals surface area contributed by atoms with Crippen LogP contribution >= 0.6 is 15.9 Å². The van der Waals surface area contributed by atoms with Crippen LogP contribution in [0.15, 0.2) is 51.8 Å². The Morgan fingerprint density at radius 1 is 1.14 bits per heavy atom. The second-order valence-electron chi connectivity index (χ2n) is 5.05. The molecule has 0 saturated carbocycles. The summed E-state index contributed by atoms with van der Waals surface area (Å²) in [4.78, 5) is 0.194. The van der Waals surface area contributed by atoms with E-state index in [-0.39, 0.29) is 10.9 Å². The number of rotatable bonds is 5. The fourth-order valence-electron chi connectivity index (χ4n) is 2.04. The molecule has 0 aromatic heterocycles. The van der Waals surface area contributed by atoms with Gasteiger partial charge in [-0.05, 0) is 53.5 Å². The first kappa shape index (κ1) is 17.0. The first-order chi connectivity index (χ1) is 10.3. The molecule has 0 fully saturated rings. The molecule has 0 saturated heterocycles. The van der Waals surface area contributed by atoms with Crippen molar-refractivity contribution in [2.75, 3.05) is 7.11 Å². The van der Waals surface area contributed by atoms with Gasteiger partial charge in [0, 0.05) is 6.04 Å². The normalized spacial score (nSPS) is 12.9. The Kier molecular flexibility index (Phi) is 5.26. The van der Waals surface area contributed by atoms with E-state index in [4.69, 9.17) is 4.74 Å². The van der Waals surface area contributed by atoms with E-state index in [1.54, 1.807) is 6.07 Å². The van der Waals surface area contributed by atoms with E-state index in [1.165, 1.54) is 19.2 Å². The summed E-state index contributed by atoms with van der Waals surface area (Å²) in [7, 11) is -2.07. The molecular weight excluding hydrogens is 366 g/mol. The van der Waals surface area contributed by atoms with E-state index < -0.39 is 10.0 Å². The van der Waals surface area contributed by atoms with Crippen molar-refractivity contribution < 1.29 is 13.2 Å². The number of hydrogen-bond acceptors (Lipinski definition) is 3. The van der Waals surface area contributed by atoms with Gasteiger partial charge in [0.15, 0.2) is 0 Å². The van der Waals surface area contributed by atoms with Crippen LogP contribution in [0.25, 0.3) is 0 Å². The van der Waals surface area contributed by atoms with Crippen molar-refractivity contribution in [3.05, 3.63) is 58.1 Å². The summed E-state index contributed by atoms with van der Waals surface area (Å²) in [6.07, 6.45) is 0. The predicted octanol–water partition coefficient (Wildman–Crippen LogP) is 3.81. The summed E-state index contributed by atoms with van der Waals surface area (Å²) in [5.74, 6) is 0.588. The van der Waals surface area contributed by atoms with Gasteiger partial charge in [0.25, 0.3) is 0 Å². The molecule has 2 aromatic rings. The van der Waals surface area contributed by atoms with Crippen LogP contribution < -0.4 is 9.46 Å². The van der Waals surface area contributed by atoms with Gasteiger partial charge in [-0.3, -0.25) is 0 Å². The summed E-state index contributed by atoms with van der Waals surface area (Å²) in [5.41, 5.74) is 2.06. The van der Waals surface area contributed by atoms with Crippen molar-refractivity contribution in [2.24, 2.45) is 0 Å². The van der Waals surface area contributed by atoms with Crippen LogP contribution in [0.2, 0.25) is 0 Å². The van der Waals surface area contributed by atoms with Crippen LogP contribution in [0.1, 0.15) is 24.1 Å².